The molecule has 0 amide bonds. The number of nitrogens with one attached hydrogen (secondary N) is 1. The van der Waals surface area contributed by atoms with Crippen LogP contribution in [0, 0.1) is 0 Å². The quantitative estimate of drug-likeness (QED) is 0.771. The van der Waals surface area contributed by atoms with E-state index in [1.807, 2.05) is 0 Å². The van der Waals surface area contributed by atoms with Crippen molar-refractivity contribution in [1.82, 2.24) is 15.1 Å². The van der Waals surface area contributed by atoms with E-state index in [-0.39, 0.29) is 0 Å². The summed E-state index contributed by atoms with van der Waals surface area (Å²) in [6, 6.07) is 1.16. The second-order valence-electron chi connectivity index (χ2n) is 5.95. The van der Waals surface area contributed by atoms with Crippen LogP contribution >= 0.6 is 0 Å². The first-order valence-corrected chi connectivity index (χ1v) is 7.47. The zero-order valence-electron chi connectivity index (χ0n) is 12.3. The average Bonchev–Trinajstić information content (AvgIpc) is 2.54. The molecule has 0 bridgehead atoms. The number of likely N-dealkylation sites (N-methyl/N-ethyl adjacent to an activating group) is 3. The molecule has 2 unspecified atom stereocenters. The van der Waals surface area contributed by atoms with E-state index in [0.717, 1.165) is 0 Å². The van der Waals surface area contributed by atoms with Crippen LogP contribution in [0.15, 0.2) is 11.6 Å². The summed E-state index contributed by atoms with van der Waals surface area (Å²) < 4.78 is 0. The van der Waals surface area contributed by atoms with Gasteiger partial charge in [0.25, 0.3) is 0 Å². The van der Waals surface area contributed by atoms with Crippen LogP contribution in [0.1, 0.15) is 32.1 Å². The van der Waals surface area contributed by atoms with Crippen molar-refractivity contribution in [3.8, 4) is 0 Å². The second-order valence-corrected chi connectivity index (χ2v) is 5.95. The van der Waals surface area contributed by atoms with E-state index in [1.165, 1.54) is 51.7 Å². The minimum atomic E-state index is 0.538. The van der Waals surface area contributed by atoms with E-state index in [1.54, 1.807) is 5.57 Å². The molecule has 0 radical (unpaired) electrons. The van der Waals surface area contributed by atoms with E-state index < -0.39 is 0 Å². The summed E-state index contributed by atoms with van der Waals surface area (Å²) in [5.74, 6) is 0. The van der Waals surface area contributed by atoms with Crippen molar-refractivity contribution < 1.29 is 0 Å². The molecule has 3 nitrogen and oxygen atoms in total. The highest BCUT2D eigenvalue weighted by atomic mass is 15.2. The number of hydrogen-bond donors (Lipinski definition) is 1. The van der Waals surface area contributed by atoms with Crippen LogP contribution in [-0.2, 0) is 0 Å². The van der Waals surface area contributed by atoms with Crippen molar-refractivity contribution in [2.75, 3.05) is 40.8 Å². The molecule has 1 aliphatic heterocycles. The molecule has 2 rings (SSSR count). The molecule has 2 atom stereocenters. The number of rotatable bonds is 3. The highest BCUT2D eigenvalue weighted by Crippen LogP contribution is 2.24. The predicted octanol–water partition coefficient (Wildman–Crippen LogP) is 1.71. The molecule has 0 spiro atoms. The molecule has 1 saturated heterocycles. The highest BCUT2D eigenvalue weighted by molar-refractivity contribution is 5.17. The normalized spacial score (nSPS) is 29.7. The van der Waals surface area contributed by atoms with Gasteiger partial charge >= 0.3 is 0 Å². The third-order valence-electron chi connectivity index (χ3n) is 4.54. The van der Waals surface area contributed by atoms with Crippen molar-refractivity contribution in [2.24, 2.45) is 0 Å². The van der Waals surface area contributed by atoms with Gasteiger partial charge in [-0.1, -0.05) is 11.6 Å². The molecule has 1 N–H and O–H groups in total. The Hall–Kier alpha value is -0.380. The molecule has 1 heterocycles. The van der Waals surface area contributed by atoms with Gasteiger partial charge in [0.2, 0.25) is 0 Å². The minimum Gasteiger partial charge on any atom is -0.312 e. The Morgan fingerprint density at radius 2 is 2.06 bits per heavy atom. The molecule has 0 saturated carbocycles. The fraction of sp³-hybridized carbons (Fsp3) is 0.867. The first-order chi connectivity index (χ1) is 8.72. The van der Waals surface area contributed by atoms with Crippen molar-refractivity contribution in [3.63, 3.8) is 0 Å². The number of hydrogen-bond acceptors (Lipinski definition) is 3. The van der Waals surface area contributed by atoms with Crippen molar-refractivity contribution in [1.29, 1.82) is 0 Å². The largest absolute Gasteiger partial charge is 0.312 e. The SMILES string of the molecule is CNC(C1=CCCCC1)C1CN(C)CCCN1C. The topological polar surface area (TPSA) is 18.5 Å². The first-order valence-electron chi connectivity index (χ1n) is 7.47. The Labute approximate surface area is 112 Å². The van der Waals surface area contributed by atoms with Crippen molar-refractivity contribution >= 4 is 0 Å². The molecule has 3 heteroatoms. The molecular weight excluding hydrogens is 222 g/mol. The molecule has 2 aliphatic rings. The average molecular weight is 251 g/mol. The van der Waals surface area contributed by atoms with Gasteiger partial charge in [-0.3, -0.25) is 0 Å². The summed E-state index contributed by atoms with van der Waals surface area (Å²) in [7, 11) is 6.67. The number of allylic oxidation sites excluding steroid dienone is 1. The zero-order chi connectivity index (χ0) is 13.0. The monoisotopic (exact) mass is 251 g/mol. The third-order valence-corrected chi connectivity index (χ3v) is 4.54. The standard InChI is InChI=1S/C15H29N3/c1-16-15(13-8-5-4-6-9-13)14-12-17(2)10-7-11-18(14)3/h8,14-16H,4-7,9-12H2,1-3H3. The van der Waals surface area contributed by atoms with Gasteiger partial charge in [-0.15, -0.1) is 0 Å². The summed E-state index contributed by atoms with van der Waals surface area (Å²) in [6.45, 7) is 3.64. The van der Waals surface area contributed by atoms with Crippen LogP contribution in [0.5, 0.6) is 0 Å². The Kier molecular flexibility index (Phi) is 5.22. The van der Waals surface area contributed by atoms with Crippen molar-refractivity contribution in [3.05, 3.63) is 11.6 Å². The maximum Gasteiger partial charge on any atom is 0.0447 e. The van der Waals surface area contributed by atoms with Crippen LogP contribution in [-0.4, -0.2) is 62.7 Å². The summed E-state index contributed by atoms with van der Waals surface area (Å²) in [5.41, 5.74) is 1.65. The van der Waals surface area contributed by atoms with Gasteiger partial charge < -0.3 is 15.1 Å². The Morgan fingerprint density at radius 1 is 1.22 bits per heavy atom. The van der Waals surface area contributed by atoms with Gasteiger partial charge in [-0.25, -0.2) is 0 Å². The molecule has 1 fully saturated rings. The maximum absolute atomic E-state index is 3.58. The predicted molar refractivity (Wildman–Crippen MR) is 77.9 cm³/mol. The third kappa shape index (κ3) is 3.34. The van der Waals surface area contributed by atoms with Gasteiger partial charge in [-0.2, -0.15) is 0 Å². The second kappa shape index (κ2) is 6.69. The first kappa shape index (κ1) is 14.0. The van der Waals surface area contributed by atoms with Crippen LogP contribution in [0.3, 0.4) is 0 Å². The Bertz CT molecular complexity index is 287. The molecule has 104 valence electrons. The van der Waals surface area contributed by atoms with E-state index >= 15 is 0 Å². The lowest BCUT2D eigenvalue weighted by Crippen LogP contribution is -2.52. The Morgan fingerprint density at radius 3 is 2.72 bits per heavy atom. The summed E-state index contributed by atoms with van der Waals surface area (Å²) in [5, 5.41) is 3.58. The lowest BCUT2D eigenvalue weighted by atomic mass is 9.89. The van der Waals surface area contributed by atoms with Gasteiger partial charge in [-0.05, 0) is 66.3 Å². The minimum absolute atomic E-state index is 0.538. The summed E-state index contributed by atoms with van der Waals surface area (Å²) >= 11 is 0. The lowest BCUT2D eigenvalue weighted by Gasteiger charge is -2.36. The van der Waals surface area contributed by atoms with Gasteiger partial charge in [0.15, 0.2) is 0 Å². The fourth-order valence-electron chi connectivity index (χ4n) is 3.44. The molecule has 18 heavy (non-hydrogen) atoms. The van der Waals surface area contributed by atoms with E-state index in [4.69, 9.17) is 0 Å². The van der Waals surface area contributed by atoms with E-state index in [9.17, 15) is 0 Å². The molecule has 1 aliphatic carbocycles. The molecule has 0 aromatic carbocycles. The van der Waals surface area contributed by atoms with Crippen LogP contribution in [0.4, 0.5) is 0 Å². The summed E-state index contributed by atoms with van der Waals surface area (Å²) in [6.07, 6.45) is 9.10. The Balaban J connectivity index is 2.11. The molecular formula is C15H29N3. The van der Waals surface area contributed by atoms with Crippen LogP contribution in [0.25, 0.3) is 0 Å². The van der Waals surface area contributed by atoms with Crippen LogP contribution in [0.2, 0.25) is 0 Å². The van der Waals surface area contributed by atoms with Crippen molar-refractivity contribution in [2.45, 2.75) is 44.2 Å². The highest BCUT2D eigenvalue weighted by Gasteiger charge is 2.30. The summed E-state index contributed by atoms with van der Waals surface area (Å²) in [4.78, 5) is 5.04. The zero-order valence-corrected chi connectivity index (χ0v) is 12.3. The molecule has 0 aromatic rings. The van der Waals surface area contributed by atoms with E-state index in [2.05, 4.69) is 42.3 Å². The lowest BCUT2D eigenvalue weighted by molar-refractivity contribution is 0.192. The van der Waals surface area contributed by atoms with Gasteiger partial charge in [0.05, 0.1) is 0 Å². The van der Waals surface area contributed by atoms with E-state index in [0.29, 0.717) is 12.1 Å². The smallest absolute Gasteiger partial charge is 0.0447 e. The number of nitrogens with zero attached hydrogens (tertiary/aromatic N) is 2. The van der Waals surface area contributed by atoms with Gasteiger partial charge in [0.1, 0.15) is 0 Å². The molecule has 0 aromatic heterocycles. The van der Waals surface area contributed by atoms with Gasteiger partial charge in [0, 0.05) is 18.6 Å². The maximum atomic E-state index is 3.58. The van der Waals surface area contributed by atoms with Crippen LogP contribution < -0.4 is 5.32 Å². The fourth-order valence-corrected chi connectivity index (χ4v) is 3.44.